The number of fused-ring (bicyclic) bond motifs is 1. The molecule has 2 amide bonds. The monoisotopic (exact) mass is 509 g/mol. The molecule has 0 spiro atoms. The molecule has 0 fully saturated rings. The number of thiazole rings is 1. The van der Waals surface area contributed by atoms with Gasteiger partial charge in [0.15, 0.2) is 0 Å². The Bertz CT molecular complexity index is 1220. The Morgan fingerprint density at radius 2 is 1.62 bits per heavy atom. The Morgan fingerprint density at radius 1 is 0.897 bits per heavy atom. The van der Waals surface area contributed by atoms with Gasteiger partial charge in [0.1, 0.15) is 5.01 Å². The van der Waals surface area contributed by atoms with Gasteiger partial charge in [0.05, 0.1) is 22.0 Å². The van der Waals surface area contributed by atoms with Crippen LogP contribution < -0.4 is 10.6 Å². The molecule has 1 aromatic heterocycles. The predicted octanol–water partition coefficient (Wildman–Crippen LogP) is 5.82. The Balaban J connectivity index is 1.79. The number of hydrogen-bond acceptors (Lipinski definition) is 3. The van der Waals surface area contributed by atoms with E-state index < -0.39 is 0 Å². The number of carbonyl (C=O) groups is 1. The molecule has 5 rings (SSSR count). The lowest BCUT2D eigenvalue weighted by atomic mass is 9.93. The number of nitrogens with zero attached hydrogens (tertiary/aromatic N) is 1. The van der Waals surface area contributed by atoms with E-state index in [-0.39, 0.29) is 12.1 Å². The van der Waals surface area contributed by atoms with Crippen molar-refractivity contribution >= 4 is 61.4 Å². The van der Waals surface area contributed by atoms with E-state index in [0.29, 0.717) is 0 Å². The zero-order valence-corrected chi connectivity index (χ0v) is 18.2. The molecular formula is C23H16IN3OS. The highest BCUT2D eigenvalue weighted by atomic mass is 127. The van der Waals surface area contributed by atoms with E-state index in [4.69, 9.17) is 4.98 Å². The van der Waals surface area contributed by atoms with Crippen molar-refractivity contribution in [3.63, 3.8) is 0 Å². The van der Waals surface area contributed by atoms with Crippen LogP contribution in [0, 0.1) is 3.57 Å². The molecular weight excluding hydrogens is 493 g/mol. The summed E-state index contributed by atoms with van der Waals surface area (Å²) >= 11 is 3.97. The van der Waals surface area contributed by atoms with Crippen molar-refractivity contribution in [2.45, 2.75) is 6.04 Å². The molecule has 0 saturated carbocycles. The number of halogens is 1. The third kappa shape index (κ3) is 3.42. The quantitative estimate of drug-likeness (QED) is 0.342. The van der Waals surface area contributed by atoms with Crippen molar-refractivity contribution in [2.24, 2.45) is 0 Å². The molecule has 29 heavy (non-hydrogen) atoms. The number of nitrogens with one attached hydrogen (secondary N) is 2. The molecule has 0 bridgehead atoms. The maximum absolute atomic E-state index is 12.6. The van der Waals surface area contributed by atoms with Gasteiger partial charge in [-0.2, -0.15) is 0 Å². The Labute approximate surface area is 185 Å². The normalized spacial score (nSPS) is 16.6. The minimum absolute atomic E-state index is 0.210. The third-order valence-corrected chi connectivity index (χ3v) is 6.93. The maximum atomic E-state index is 12.6. The first-order valence-corrected chi connectivity index (χ1v) is 11.1. The van der Waals surface area contributed by atoms with Crippen LogP contribution >= 0.6 is 33.9 Å². The molecule has 142 valence electrons. The summed E-state index contributed by atoms with van der Waals surface area (Å²) in [6.45, 7) is 0. The largest absolute Gasteiger partial charge is 0.327 e. The van der Waals surface area contributed by atoms with Gasteiger partial charge in [-0.15, -0.1) is 11.3 Å². The fourth-order valence-electron chi connectivity index (χ4n) is 3.56. The van der Waals surface area contributed by atoms with Crippen LogP contribution in [0.4, 0.5) is 4.79 Å². The molecule has 4 aromatic rings. The Morgan fingerprint density at radius 3 is 2.41 bits per heavy atom. The van der Waals surface area contributed by atoms with Crippen LogP contribution in [-0.2, 0) is 0 Å². The summed E-state index contributed by atoms with van der Waals surface area (Å²) in [5.74, 6) is 0. The number of para-hydroxylation sites is 1. The predicted molar refractivity (Wildman–Crippen MR) is 126 cm³/mol. The second kappa shape index (κ2) is 7.61. The van der Waals surface area contributed by atoms with Gasteiger partial charge in [-0.1, -0.05) is 60.7 Å². The average molecular weight is 509 g/mol. The molecule has 0 saturated heterocycles. The zero-order chi connectivity index (χ0) is 19.8. The molecule has 0 aliphatic carbocycles. The lowest BCUT2D eigenvalue weighted by molar-refractivity contribution is 0.242. The second-order valence-electron chi connectivity index (χ2n) is 6.69. The number of hydrogen-bond donors (Lipinski definition) is 2. The van der Waals surface area contributed by atoms with Crippen LogP contribution in [0.5, 0.6) is 0 Å². The molecule has 6 heteroatoms. The van der Waals surface area contributed by atoms with E-state index in [0.717, 1.165) is 41.2 Å². The van der Waals surface area contributed by atoms with Crippen LogP contribution in [-0.4, -0.2) is 11.0 Å². The van der Waals surface area contributed by atoms with Crippen LogP contribution in [0.1, 0.15) is 22.2 Å². The van der Waals surface area contributed by atoms with E-state index in [1.807, 2.05) is 60.7 Å². The minimum Gasteiger partial charge on any atom is -0.327 e. The topological polar surface area (TPSA) is 54.0 Å². The first kappa shape index (κ1) is 18.3. The molecule has 0 unspecified atom stereocenters. The SMILES string of the molecule is O=C1NC(c2ccccc2)=C(c2nc3ccccc3s2)[C@@H](c2ccccc2I)N1. The number of benzene rings is 3. The second-order valence-corrected chi connectivity index (χ2v) is 8.89. The molecule has 0 radical (unpaired) electrons. The van der Waals surface area contributed by atoms with E-state index in [1.165, 1.54) is 0 Å². The highest BCUT2D eigenvalue weighted by Crippen LogP contribution is 2.41. The summed E-state index contributed by atoms with van der Waals surface area (Å²) < 4.78 is 2.23. The van der Waals surface area contributed by atoms with E-state index >= 15 is 0 Å². The van der Waals surface area contributed by atoms with Gasteiger partial charge >= 0.3 is 6.03 Å². The molecule has 1 aliphatic heterocycles. The minimum atomic E-state index is -0.285. The Kier molecular flexibility index (Phi) is 4.81. The van der Waals surface area contributed by atoms with Gasteiger partial charge in [0.25, 0.3) is 0 Å². The van der Waals surface area contributed by atoms with E-state index in [1.54, 1.807) is 11.3 Å². The number of amides is 2. The van der Waals surface area contributed by atoms with Crippen LogP contribution in [0.3, 0.4) is 0 Å². The van der Waals surface area contributed by atoms with Crippen molar-refractivity contribution in [2.75, 3.05) is 0 Å². The highest BCUT2D eigenvalue weighted by molar-refractivity contribution is 14.1. The van der Waals surface area contributed by atoms with Gasteiger partial charge < -0.3 is 10.6 Å². The molecule has 2 N–H and O–H groups in total. The molecule has 2 heterocycles. The first-order valence-electron chi connectivity index (χ1n) is 9.18. The summed E-state index contributed by atoms with van der Waals surface area (Å²) in [5.41, 5.74) is 4.78. The summed E-state index contributed by atoms with van der Waals surface area (Å²) in [7, 11) is 0. The van der Waals surface area contributed by atoms with Crippen molar-refractivity contribution in [3.05, 3.63) is 98.6 Å². The van der Waals surface area contributed by atoms with Gasteiger partial charge in [-0.05, 0) is 51.9 Å². The van der Waals surface area contributed by atoms with Crippen molar-refractivity contribution in [1.82, 2.24) is 15.6 Å². The first-order chi connectivity index (χ1) is 14.2. The summed E-state index contributed by atoms with van der Waals surface area (Å²) in [5, 5.41) is 7.06. The number of aromatic nitrogens is 1. The molecule has 1 atom stereocenters. The fraction of sp³-hybridized carbons (Fsp3) is 0.0435. The van der Waals surface area contributed by atoms with Crippen molar-refractivity contribution in [1.29, 1.82) is 0 Å². The molecule has 3 aromatic carbocycles. The maximum Gasteiger partial charge on any atom is 0.320 e. The number of rotatable bonds is 3. The standard InChI is InChI=1S/C23H16IN3OS/c24-16-11-5-4-10-15(16)21-19(22-25-17-12-6-7-13-18(17)29-22)20(26-23(28)27-21)14-8-2-1-3-9-14/h1-13,21H,(H2,26,27,28)/t21-/m1/s1. The van der Waals surface area contributed by atoms with Crippen LogP contribution in [0.15, 0.2) is 78.9 Å². The fourth-order valence-corrected chi connectivity index (χ4v) is 5.30. The summed E-state index contributed by atoms with van der Waals surface area (Å²) in [4.78, 5) is 17.5. The third-order valence-electron chi connectivity index (χ3n) is 4.87. The van der Waals surface area contributed by atoms with Gasteiger partial charge in [0.2, 0.25) is 0 Å². The van der Waals surface area contributed by atoms with Crippen LogP contribution in [0.25, 0.3) is 21.5 Å². The smallest absolute Gasteiger partial charge is 0.320 e. The van der Waals surface area contributed by atoms with Gasteiger partial charge in [-0.3, -0.25) is 0 Å². The number of carbonyl (C=O) groups excluding carboxylic acids is 1. The summed E-state index contributed by atoms with van der Waals surface area (Å²) in [6.07, 6.45) is 0. The Hall–Kier alpha value is -2.71. The average Bonchev–Trinajstić information content (AvgIpc) is 3.18. The lowest BCUT2D eigenvalue weighted by Crippen LogP contribution is -2.43. The van der Waals surface area contributed by atoms with Crippen LogP contribution in [0.2, 0.25) is 0 Å². The van der Waals surface area contributed by atoms with Crippen molar-refractivity contribution < 1.29 is 4.79 Å². The number of urea groups is 1. The van der Waals surface area contributed by atoms with E-state index in [9.17, 15) is 4.79 Å². The van der Waals surface area contributed by atoms with Gasteiger partial charge in [0, 0.05) is 9.14 Å². The summed E-state index contributed by atoms with van der Waals surface area (Å²) in [6, 6.07) is 25.7. The molecule has 1 aliphatic rings. The van der Waals surface area contributed by atoms with Crippen molar-refractivity contribution in [3.8, 4) is 0 Å². The van der Waals surface area contributed by atoms with E-state index in [2.05, 4.69) is 51.4 Å². The lowest BCUT2D eigenvalue weighted by Gasteiger charge is -2.30. The van der Waals surface area contributed by atoms with Gasteiger partial charge in [-0.25, -0.2) is 9.78 Å². The highest BCUT2D eigenvalue weighted by Gasteiger charge is 2.32. The molecule has 4 nitrogen and oxygen atoms in total. The zero-order valence-electron chi connectivity index (χ0n) is 15.2.